The van der Waals surface area contributed by atoms with Gasteiger partial charge >= 0.3 is 17.9 Å². The first-order valence-electron chi connectivity index (χ1n) is 10.5. The monoisotopic (exact) mass is 540 g/mol. The van der Waals surface area contributed by atoms with Gasteiger partial charge in [-0.25, -0.2) is 14.5 Å². The van der Waals surface area contributed by atoms with Crippen LogP contribution in [-0.4, -0.2) is 134 Å². The largest absolute Gasteiger partial charge is 0.421 e. The van der Waals surface area contributed by atoms with E-state index in [-0.39, 0.29) is 0 Å². The highest BCUT2D eigenvalue weighted by Gasteiger charge is 2.71. The summed E-state index contributed by atoms with van der Waals surface area (Å²) in [4.78, 5) is 46.7. The van der Waals surface area contributed by atoms with E-state index in [0.717, 1.165) is 37.3 Å². The van der Waals surface area contributed by atoms with Gasteiger partial charge < -0.3 is 29.2 Å². The molecular weight excluding hydrogens is 504 g/mol. The van der Waals surface area contributed by atoms with Gasteiger partial charge in [-0.1, -0.05) is 28.3 Å². The molecule has 0 spiro atoms. The van der Waals surface area contributed by atoms with Crippen molar-refractivity contribution in [1.82, 2.24) is 25.2 Å². The number of hydrogen-bond acceptors (Lipinski definition) is 18. The number of carbonyl (C=O) groups is 2. The van der Waals surface area contributed by atoms with Crippen LogP contribution in [0.4, 0.5) is 0 Å². The van der Waals surface area contributed by atoms with Crippen molar-refractivity contribution in [2.24, 2.45) is 5.73 Å². The number of hydroxylamine groups is 8. The molecule has 1 rings (SSSR count). The molecule has 3 unspecified atom stereocenters. The van der Waals surface area contributed by atoms with Crippen LogP contribution in [0.5, 0.6) is 0 Å². The Morgan fingerprint density at radius 2 is 1.41 bits per heavy atom. The van der Waals surface area contributed by atoms with Crippen molar-refractivity contribution in [2.75, 3.05) is 62.7 Å². The van der Waals surface area contributed by atoms with Gasteiger partial charge in [-0.05, 0) is 0 Å². The molecule has 214 valence electrons. The number of ether oxygens (including phenoxy) is 4. The molecule has 0 radical (unpaired) electrons. The Hall–Kier alpha value is -2.14. The number of nitrogens with zero attached hydrogens (tertiary/aromatic N) is 5. The SMILES string of the molecule is C=CC(=O)OC(CN(CO)C1(OC)N(OC)C(N)N(OC)C(OC)(N(CO)OC)N1OC)OC(=O)C=C. The molecule has 0 saturated carbocycles. The zero-order chi connectivity index (χ0) is 28.4. The number of rotatable bonds is 16. The van der Waals surface area contributed by atoms with Crippen LogP contribution in [0.1, 0.15) is 0 Å². The lowest BCUT2D eigenvalue weighted by Gasteiger charge is -2.64. The predicted molar refractivity (Wildman–Crippen MR) is 120 cm³/mol. The topological polar surface area (TPSA) is 191 Å². The van der Waals surface area contributed by atoms with Crippen LogP contribution in [-0.2, 0) is 47.9 Å². The van der Waals surface area contributed by atoms with E-state index in [4.69, 9.17) is 44.0 Å². The highest BCUT2D eigenvalue weighted by Crippen LogP contribution is 2.43. The van der Waals surface area contributed by atoms with E-state index >= 15 is 0 Å². The molecule has 4 N–H and O–H groups in total. The summed E-state index contributed by atoms with van der Waals surface area (Å²) in [5, 5.41) is 24.2. The van der Waals surface area contributed by atoms with Crippen LogP contribution in [0.15, 0.2) is 25.3 Å². The molecule has 0 amide bonds. The fourth-order valence-electron chi connectivity index (χ4n) is 3.73. The third-order valence-corrected chi connectivity index (χ3v) is 5.16. The molecule has 1 saturated heterocycles. The minimum Gasteiger partial charge on any atom is -0.421 e. The molecule has 0 aliphatic carbocycles. The first-order chi connectivity index (χ1) is 17.6. The lowest BCUT2D eigenvalue weighted by Crippen LogP contribution is -2.90. The number of esters is 2. The third-order valence-electron chi connectivity index (χ3n) is 5.16. The van der Waals surface area contributed by atoms with Gasteiger partial charge in [0.1, 0.15) is 13.5 Å². The molecule has 1 heterocycles. The number of methoxy groups -OCH3 is 2. The molecule has 0 aromatic heterocycles. The molecule has 3 atom stereocenters. The van der Waals surface area contributed by atoms with Gasteiger partial charge in [0.15, 0.2) is 6.29 Å². The molecule has 18 nitrogen and oxygen atoms in total. The van der Waals surface area contributed by atoms with E-state index < -0.39 is 56.5 Å². The van der Waals surface area contributed by atoms with Crippen LogP contribution in [0, 0.1) is 0 Å². The van der Waals surface area contributed by atoms with Crippen LogP contribution in [0.2, 0.25) is 0 Å². The Bertz CT molecular complexity index is 754. The minimum absolute atomic E-state index is 0.575. The Morgan fingerprint density at radius 3 is 1.73 bits per heavy atom. The minimum atomic E-state index is -2.24. The molecule has 0 bridgehead atoms. The van der Waals surface area contributed by atoms with E-state index in [1.165, 1.54) is 42.7 Å². The summed E-state index contributed by atoms with van der Waals surface area (Å²) in [6, 6.07) is 0. The third kappa shape index (κ3) is 5.97. The van der Waals surface area contributed by atoms with Crippen molar-refractivity contribution < 1.29 is 58.1 Å². The summed E-state index contributed by atoms with van der Waals surface area (Å²) in [5.41, 5.74) is 6.43. The number of aliphatic hydroxyl groups is 2. The maximum atomic E-state index is 11.9. The smallest absolute Gasteiger partial charge is 0.333 e. The Labute approximate surface area is 214 Å². The van der Waals surface area contributed by atoms with Gasteiger partial charge in [0, 0.05) is 26.4 Å². The van der Waals surface area contributed by atoms with Crippen LogP contribution in [0.3, 0.4) is 0 Å². The normalized spacial score (nSPS) is 25.6. The summed E-state index contributed by atoms with van der Waals surface area (Å²) in [5.74, 6) is -6.31. The molecule has 0 aromatic rings. The molecular formula is C19H36N6O12. The number of carbonyl (C=O) groups excluding carboxylic acids is 2. The fourth-order valence-corrected chi connectivity index (χ4v) is 3.73. The average Bonchev–Trinajstić information content (AvgIpc) is 2.91. The zero-order valence-corrected chi connectivity index (χ0v) is 21.6. The van der Waals surface area contributed by atoms with Gasteiger partial charge in [0.2, 0.25) is 0 Å². The fraction of sp³-hybridized carbons (Fsp3) is 0.684. The van der Waals surface area contributed by atoms with Crippen molar-refractivity contribution in [1.29, 1.82) is 0 Å². The molecule has 0 aromatic carbocycles. The Morgan fingerprint density at radius 1 is 0.919 bits per heavy atom. The van der Waals surface area contributed by atoms with E-state index in [1.54, 1.807) is 0 Å². The highest BCUT2D eigenvalue weighted by atomic mass is 16.9. The number of nitrogens with two attached hydrogens (primary N) is 1. The lowest BCUT2D eigenvalue weighted by molar-refractivity contribution is -0.636. The van der Waals surface area contributed by atoms with Crippen molar-refractivity contribution in [3.05, 3.63) is 25.3 Å². The molecule has 1 aliphatic heterocycles. The van der Waals surface area contributed by atoms with Crippen LogP contribution in [0.25, 0.3) is 0 Å². The second kappa shape index (κ2) is 14.7. The second-order valence-corrected chi connectivity index (χ2v) is 6.74. The van der Waals surface area contributed by atoms with E-state index in [1.807, 2.05) is 0 Å². The Balaban J connectivity index is 3.87. The van der Waals surface area contributed by atoms with E-state index in [9.17, 15) is 19.8 Å². The maximum Gasteiger partial charge on any atom is 0.333 e. The molecule has 1 aliphatic rings. The molecule has 18 heteroatoms. The highest BCUT2D eigenvalue weighted by molar-refractivity contribution is 5.83. The molecule has 37 heavy (non-hydrogen) atoms. The maximum absolute atomic E-state index is 11.9. The average molecular weight is 541 g/mol. The number of aliphatic hydroxyl groups excluding tert-OH is 2. The summed E-state index contributed by atoms with van der Waals surface area (Å²) < 4.78 is 21.7. The first kappa shape index (κ1) is 32.9. The molecule has 1 fully saturated rings. The quantitative estimate of drug-likeness (QED) is 0.0786. The van der Waals surface area contributed by atoms with Gasteiger partial charge in [0.05, 0.1) is 35.0 Å². The van der Waals surface area contributed by atoms with E-state index in [0.29, 0.717) is 0 Å². The lowest BCUT2D eigenvalue weighted by atomic mass is 10.3. The second-order valence-electron chi connectivity index (χ2n) is 6.74. The zero-order valence-electron chi connectivity index (χ0n) is 21.6. The summed E-state index contributed by atoms with van der Waals surface area (Å²) in [6.07, 6.45) is -1.40. The number of hydrogen-bond donors (Lipinski definition) is 3. The van der Waals surface area contributed by atoms with Gasteiger partial charge in [-0.2, -0.15) is 0 Å². The first-order valence-corrected chi connectivity index (χ1v) is 10.5. The van der Waals surface area contributed by atoms with Gasteiger partial charge in [0.25, 0.3) is 12.3 Å². The van der Waals surface area contributed by atoms with Gasteiger partial charge in [-0.3, -0.25) is 25.1 Å². The van der Waals surface area contributed by atoms with Crippen LogP contribution >= 0.6 is 0 Å². The summed E-state index contributed by atoms with van der Waals surface area (Å²) in [7, 11) is 7.26. The van der Waals surface area contributed by atoms with Crippen molar-refractivity contribution >= 4 is 11.9 Å². The van der Waals surface area contributed by atoms with Gasteiger partial charge in [-0.15, -0.1) is 5.06 Å². The standard InChI is InChI=1S/C19H36N6O12/c1-9-14(28)36-16(37-15(29)10-2)11-21(12-26)18(30-3)23(33-6)17(20)24(34-7)19(31-4,25(18)35-8)22(13-27)32-5/h9-10,16-17,26-27H,1-2,11-13,20H2,3-8H3. The summed E-state index contributed by atoms with van der Waals surface area (Å²) in [6.45, 7) is 4.34. The summed E-state index contributed by atoms with van der Waals surface area (Å²) >= 11 is 0. The van der Waals surface area contributed by atoms with Crippen molar-refractivity contribution in [2.45, 2.75) is 24.5 Å². The van der Waals surface area contributed by atoms with Crippen molar-refractivity contribution in [3.63, 3.8) is 0 Å². The van der Waals surface area contributed by atoms with Crippen LogP contribution < -0.4 is 5.73 Å². The van der Waals surface area contributed by atoms with Crippen molar-refractivity contribution in [3.8, 4) is 0 Å². The Kier molecular flexibility index (Phi) is 13.1. The van der Waals surface area contributed by atoms with E-state index in [2.05, 4.69) is 13.2 Å². The predicted octanol–water partition coefficient (Wildman–Crippen LogP) is -2.80.